The Hall–Kier alpha value is -0.900. The van der Waals surface area contributed by atoms with Crippen LogP contribution in [0.2, 0.25) is 0 Å². The number of nitrogens with one attached hydrogen (secondary N) is 1. The summed E-state index contributed by atoms with van der Waals surface area (Å²) in [6.07, 6.45) is 2.55. The van der Waals surface area contributed by atoms with Crippen molar-refractivity contribution >= 4 is 0 Å². The highest BCUT2D eigenvalue weighted by molar-refractivity contribution is 5.38. The third kappa shape index (κ3) is 3.15. The molecular weight excluding hydrogens is 262 g/mol. The summed E-state index contributed by atoms with van der Waals surface area (Å²) in [5, 5.41) is 3.69. The maximum Gasteiger partial charge on any atom is 0.163 e. The lowest BCUT2D eigenvalue weighted by molar-refractivity contribution is -0.137. The molecule has 116 valence electrons. The topological polar surface area (TPSA) is 30.5 Å². The van der Waals surface area contributed by atoms with Crippen molar-refractivity contribution in [2.24, 2.45) is 0 Å². The van der Waals surface area contributed by atoms with Gasteiger partial charge in [-0.2, -0.15) is 0 Å². The van der Waals surface area contributed by atoms with Gasteiger partial charge in [-0.15, -0.1) is 0 Å². The second kappa shape index (κ2) is 5.38. The van der Waals surface area contributed by atoms with Crippen molar-refractivity contribution < 1.29 is 9.47 Å². The fraction of sp³-hybridized carbons (Fsp3) is 0.667. The van der Waals surface area contributed by atoms with E-state index in [2.05, 4.69) is 43.4 Å². The molecule has 1 saturated heterocycles. The average Bonchev–Trinajstić information content (AvgIpc) is 2.78. The summed E-state index contributed by atoms with van der Waals surface area (Å²) in [6, 6.07) is 9.28. The normalized spacial score (nSPS) is 30.1. The molecule has 21 heavy (non-hydrogen) atoms. The highest BCUT2D eigenvalue weighted by atomic mass is 16.7. The largest absolute Gasteiger partial charge is 0.348 e. The quantitative estimate of drug-likeness (QED) is 0.923. The number of benzene rings is 1. The van der Waals surface area contributed by atoms with E-state index < -0.39 is 5.79 Å². The fourth-order valence-corrected chi connectivity index (χ4v) is 3.56. The molecule has 0 aromatic heterocycles. The van der Waals surface area contributed by atoms with Crippen molar-refractivity contribution in [1.82, 2.24) is 5.32 Å². The van der Waals surface area contributed by atoms with Gasteiger partial charge in [-0.3, -0.25) is 0 Å². The first-order chi connectivity index (χ1) is 9.87. The van der Waals surface area contributed by atoms with E-state index >= 15 is 0 Å². The SMILES string of the molecule is CC1(C)OCC(CNC2CCC(C)(C)c3ccccc32)O1. The average molecular weight is 289 g/mol. The van der Waals surface area contributed by atoms with Gasteiger partial charge in [0.15, 0.2) is 5.79 Å². The second-order valence-electron chi connectivity index (χ2n) is 7.42. The van der Waals surface area contributed by atoms with Gasteiger partial charge in [0.1, 0.15) is 0 Å². The van der Waals surface area contributed by atoms with E-state index in [1.165, 1.54) is 24.0 Å². The molecule has 1 aliphatic heterocycles. The monoisotopic (exact) mass is 289 g/mol. The van der Waals surface area contributed by atoms with Gasteiger partial charge in [0.25, 0.3) is 0 Å². The number of rotatable bonds is 3. The summed E-state index contributed by atoms with van der Waals surface area (Å²) in [4.78, 5) is 0. The molecular formula is C18H27NO2. The minimum atomic E-state index is -0.432. The standard InChI is InChI=1S/C18H27NO2/c1-17(2)10-9-16(14-7-5-6-8-15(14)17)19-11-13-12-20-18(3,4)21-13/h5-8,13,16,19H,9-12H2,1-4H3. The third-order valence-corrected chi connectivity index (χ3v) is 4.78. The summed E-state index contributed by atoms with van der Waals surface area (Å²) in [6.45, 7) is 10.2. The van der Waals surface area contributed by atoms with E-state index in [1.54, 1.807) is 0 Å². The Kier molecular flexibility index (Phi) is 3.85. The minimum absolute atomic E-state index is 0.155. The summed E-state index contributed by atoms with van der Waals surface area (Å²) >= 11 is 0. The van der Waals surface area contributed by atoms with E-state index in [-0.39, 0.29) is 11.5 Å². The van der Waals surface area contributed by atoms with Crippen LogP contribution in [-0.4, -0.2) is 25.0 Å². The molecule has 0 bridgehead atoms. The van der Waals surface area contributed by atoms with Crippen LogP contribution in [-0.2, 0) is 14.9 Å². The zero-order valence-electron chi connectivity index (χ0n) is 13.6. The lowest BCUT2D eigenvalue weighted by atomic mass is 9.71. The van der Waals surface area contributed by atoms with Crippen molar-refractivity contribution in [3.63, 3.8) is 0 Å². The molecule has 0 radical (unpaired) electrons. The highest BCUT2D eigenvalue weighted by Gasteiger charge is 2.35. The van der Waals surface area contributed by atoms with Gasteiger partial charge >= 0.3 is 0 Å². The molecule has 3 nitrogen and oxygen atoms in total. The van der Waals surface area contributed by atoms with Crippen molar-refractivity contribution in [3.05, 3.63) is 35.4 Å². The van der Waals surface area contributed by atoms with Crippen LogP contribution in [0.1, 0.15) is 57.7 Å². The van der Waals surface area contributed by atoms with E-state index in [1.807, 2.05) is 13.8 Å². The first-order valence-electron chi connectivity index (χ1n) is 8.02. The molecule has 2 unspecified atom stereocenters. The van der Waals surface area contributed by atoms with Crippen LogP contribution in [0.3, 0.4) is 0 Å². The zero-order valence-corrected chi connectivity index (χ0v) is 13.6. The van der Waals surface area contributed by atoms with Crippen LogP contribution >= 0.6 is 0 Å². The van der Waals surface area contributed by atoms with Crippen LogP contribution in [0.15, 0.2) is 24.3 Å². The minimum Gasteiger partial charge on any atom is -0.348 e. The Morgan fingerprint density at radius 3 is 2.67 bits per heavy atom. The maximum atomic E-state index is 5.88. The molecule has 1 N–H and O–H groups in total. The van der Waals surface area contributed by atoms with Gasteiger partial charge in [0, 0.05) is 12.6 Å². The summed E-state index contributed by atoms with van der Waals surface area (Å²) in [7, 11) is 0. The zero-order chi connectivity index (χ0) is 15.1. The maximum absolute atomic E-state index is 5.88. The lowest BCUT2D eigenvalue weighted by Gasteiger charge is -2.37. The molecule has 3 heteroatoms. The summed E-state index contributed by atoms with van der Waals surface area (Å²) in [5.41, 5.74) is 3.22. The smallest absolute Gasteiger partial charge is 0.163 e. The Bertz CT molecular complexity index is 510. The second-order valence-corrected chi connectivity index (χ2v) is 7.42. The van der Waals surface area contributed by atoms with Crippen LogP contribution < -0.4 is 5.32 Å². The number of hydrogen-bond donors (Lipinski definition) is 1. The number of fused-ring (bicyclic) bond motifs is 1. The lowest BCUT2D eigenvalue weighted by Crippen LogP contribution is -2.37. The molecule has 3 rings (SSSR count). The fourth-order valence-electron chi connectivity index (χ4n) is 3.56. The predicted octanol–water partition coefficient (Wildman–Crippen LogP) is 3.54. The van der Waals surface area contributed by atoms with Crippen LogP contribution in [0, 0.1) is 0 Å². The van der Waals surface area contributed by atoms with Crippen molar-refractivity contribution in [1.29, 1.82) is 0 Å². The highest BCUT2D eigenvalue weighted by Crippen LogP contribution is 2.41. The van der Waals surface area contributed by atoms with Gasteiger partial charge < -0.3 is 14.8 Å². The van der Waals surface area contributed by atoms with Crippen molar-refractivity contribution in [2.75, 3.05) is 13.2 Å². The molecule has 0 amide bonds. The van der Waals surface area contributed by atoms with Crippen molar-refractivity contribution in [2.45, 2.75) is 63.9 Å². The van der Waals surface area contributed by atoms with Gasteiger partial charge in [-0.25, -0.2) is 0 Å². The van der Waals surface area contributed by atoms with E-state index in [4.69, 9.17) is 9.47 Å². The van der Waals surface area contributed by atoms with Gasteiger partial charge in [-0.1, -0.05) is 38.1 Å². The summed E-state index contributed by atoms with van der Waals surface area (Å²) in [5.74, 6) is -0.432. The molecule has 2 atom stereocenters. The molecule has 0 saturated carbocycles. The van der Waals surface area contributed by atoms with E-state index in [9.17, 15) is 0 Å². The summed E-state index contributed by atoms with van der Waals surface area (Å²) < 4.78 is 11.5. The van der Waals surface area contributed by atoms with Gasteiger partial charge in [-0.05, 0) is 43.2 Å². The molecule has 1 aliphatic carbocycles. The Morgan fingerprint density at radius 2 is 1.95 bits per heavy atom. The predicted molar refractivity (Wildman–Crippen MR) is 84.3 cm³/mol. The molecule has 1 aromatic rings. The van der Waals surface area contributed by atoms with Crippen molar-refractivity contribution in [3.8, 4) is 0 Å². The van der Waals surface area contributed by atoms with Gasteiger partial charge in [0.05, 0.1) is 12.7 Å². The molecule has 0 spiro atoms. The molecule has 1 fully saturated rings. The number of hydrogen-bond acceptors (Lipinski definition) is 3. The third-order valence-electron chi connectivity index (χ3n) is 4.78. The number of ether oxygens (including phenoxy) is 2. The Morgan fingerprint density at radius 1 is 1.19 bits per heavy atom. The molecule has 2 aliphatic rings. The van der Waals surface area contributed by atoms with E-state index in [0.29, 0.717) is 12.6 Å². The van der Waals surface area contributed by atoms with Crippen LogP contribution in [0.4, 0.5) is 0 Å². The molecule has 1 heterocycles. The Labute approximate surface area is 128 Å². The van der Waals surface area contributed by atoms with Gasteiger partial charge in [0.2, 0.25) is 0 Å². The first kappa shape index (κ1) is 15.0. The Balaban J connectivity index is 1.67. The molecule has 1 aromatic carbocycles. The van der Waals surface area contributed by atoms with E-state index in [0.717, 1.165) is 6.54 Å². The van der Waals surface area contributed by atoms with Crippen LogP contribution in [0.25, 0.3) is 0 Å². The first-order valence-corrected chi connectivity index (χ1v) is 8.02. The van der Waals surface area contributed by atoms with Crippen LogP contribution in [0.5, 0.6) is 0 Å².